The minimum Gasteiger partial charge on any atom is -0.256 e. The SMILES string of the molecule is C=C1/C=C\C=C/Cc2ccccc2C12c1ccccc1-c1c2c2ncccc2c2ccccc12. The lowest BCUT2D eigenvalue weighted by molar-refractivity contribution is 0.765. The molecule has 1 unspecified atom stereocenters. The second-order valence-electron chi connectivity index (χ2n) is 9.16. The molecular formula is C33H23N. The fourth-order valence-corrected chi connectivity index (χ4v) is 6.24. The molecule has 1 nitrogen and oxygen atoms in total. The Balaban J connectivity index is 1.80. The van der Waals surface area contributed by atoms with Crippen molar-refractivity contribution in [2.24, 2.45) is 0 Å². The summed E-state index contributed by atoms with van der Waals surface area (Å²) in [6.07, 6.45) is 11.5. The van der Waals surface area contributed by atoms with Gasteiger partial charge in [-0.15, -0.1) is 0 Å². The van der Waals surface area contributed by atoms with Gasteiger partial charge in [-0.2, -0.15) is 0 Å². The molecular weight excluding hydrogens is 410 g/mol. The molecule has 0 saturated heterocycles. The lowest BCUT2D eigenvalue weighted by Crippen LogP contribution is -2.30. The summed E-state index contributed by atoms with van der Waals surface area (Å²) in [5, 5.41) is 3.71. The van der Waals surface area contributed by atoms with Crippen LogP contribution in [0.15, 0.2) is 128 Å². The van der Waals surface area contributed by atoms with E-state index in [0.29, 0.717) is 0 Å². The van der Waals surface area contributed by atoms with Gasteiger partial charge in [-0.1, -0.05) is 110 Å². The minimum atomic E-state index is -0.512. The van der Waals surface area contributed by atoms with E-state index < -0.39 is 5.41 Å². The highest BCUT2D eigenvalue weighted by Crippen LogP contribution is 2.60. The summed E-state index contributed by atoms with van der Waals surface area (Å²) in [6.45, 7) is 4.73. The Bertz CT molecular complexity index is 1700. The molecule has 2 aliphatic rings. The van der Waals surface area contributed by atoms with Crippen molar-refractivity contribution in [3.8, 4) is 11.1 Å². The molecule has 4 aromatic carbocycles. The molecule has 0 saturated carbocycles. The van der Waals surface area contributed by atoms with E-state index >= 15 is 0 Å². The summed E-state index contributed by atoms with van der Waals surface area (Å²) in [4.78, 5) is 5.04. The lowest BCUT2D eigenvalue weighted by atomic mass is 9.65. The van der Waals surface area contributed by atoms with Crippen LogP contribution in [0.1, 0.15) is 22.3 Å². The molecule has 160 valence electrons. The maximum atomic E-state index is 5.04. The number of nitrogens with zero attached hydrogens (tertiary/aromatic N) is 1. The maximum Gasteiger partial charge on any atom is 0.0762 e. The standard InChI is InChI=1S/C33H23N/c1-22-12-3-2-4-13-23-14-5-9-19-28(23)33(22)29-20-10-8-17-27(29)30-25-16-7-6-15-24(25)26-18-11-21-34-32(26)31(30)33/h2-12,14-21H,1,13H2/b4-2-,12-3-. The zero-order valence-corrected chi connectivity index (χ0v) is 18.8. The quantitative estimate of drug-likeness (QED) is 0.226. The van der Waals surface area contributed by atoms with E-state index in [2.05, 4.69) is 103 Å². The average molecular weight is 434 g/mol. The molecule has 1 spiro atoms. The molecule has 2 aliphatic carbocycles. The Hall–Kier alpha value is -4.23. The summed E-state index contributed by atoms with van der Waals surface area (Å²) in [7, 11) is 0. The molecule has 0 radical (unpaired) electrons. The Kier molecular flexibility index (Phi) is 4.04. The largest absolute Gasteiger partial charge is 0.256 e. The van der Waals surface area contributed by atoms with Crippen LogP contribution < -0.4 is 0 Å². The van der Waals surface area contributed by atoms with Gasteiger partial charge in [0, 0.05) is 17.1 Å². The number of hydrogen-bond donors (Lipinski definition) is 0. The van der Waals surface area contributed by atoms with Crippen LogP contribution in [0.5, 0.6) is 0 Å². The molecule has 1 atom stereocenters. The van der Waals surface area contributed by atoms with Crippen LogP contribution in [0.25, 0.3) is 32.8 Å². The first-order valence-corrected chi connectivity index (χ1v) is 11.8. The monoisotopic (exact) mass is 433 g/mol. The minimum absolute atomic E-state index is 0.512. The number of rotatable bonds is 0. The number of fused-ring (bicyclic) bond motifs is 12. The molecule has 0 amide bonds. The van der Waals surface area contributed by atoms with Crippen molar-refractivity contribution >= 4 is 21.7 Å². The van der Waals surface area contributed by atoms with E-state index in [9.17, 15) is 0 Å². The Morgan fingerprint density at radius 1 is 0.706 bits per heavy atom. The van der Waals surface area contributed by atoms with Crippen molar-refractivity contribution in [3.05, 3.63) is 150 Å². The van der Waals surface area contributed by atoms with Gasteiger partial charge in [0.2, 0.25) is 0 Å². The van der Waals surface area contributed by atoms with Crippen LogP contribution in [0, 0.1) is 0 Å². The fourth-order valence-electron chi connectivity index (χ4n) is 6.24. The van der Waals surface area contributed by atoms with Crippen LogP contribution >= 0.6 is 0 Å². The Morgan fingerprint density at radius 3 is 2.35 bits per heavy atom. The molecule has 1 heteroatoms. The van der Waals surface area contributed by atoms with Crippen molar-refractivity contribution in [2.75, 3.05) is 0 Å². The Labute approximate surface area is 199 Å². The summed E-state index contributed by atoms with van der Waals surface area (Å²) in [5.41, 5.74) is 9.34. The van der Waals surface area contributed by atoms with E-state index in [0.717, 1.165) is 17.5 Å². The molecule has 0 fully saturated rings. The number of pyridine rings is 1. The van der Waals surface area contributed by atoms with E-state index in [1.807, 2.05) is 12.3 Å². The molecule has 5 aromatic rings. The highest BCUT2D eigenvalue weighted by molar-refractivity contribution is 6.18. The number of aromatic nitrogens is 1. The molecule has 7 rings (SSSR count). The third-order valence-electron chi connectivity index (χ3n) is 7.54. The second-order valence-corrected chi connectivity index (χ2v) is 9.16. The summed E-state index contributed by atoms with van der Waals surface area (Å²) >= 11 is 0. The third-order valence-corrected chi connectivity index (χ3v) is 7.54. The number of allylic oxidation sites excluding steroid dienone is 5. The average Bonchev–Trinajstić information content (AvgIpc) is 3.23. The van der Waals surface area contributed by atoms with Crippen molar-refractivity contribution < 1.29 is 0 Å². The van der Waals surface area contributed by atoms with Gasteiger partial charge >= 0.3 is 0 Å². The highest BCUT2D eigenvalue weighted by atomic mass is 14.7. The second kappa shape index (κ2) is 7.13. The van der Waals surface area contributed by atoms with Gasteiger partial charge in [0.1, 0.15) is 0 Å². The van der Waals surface area contributed by atoms with Gasteiger partial charge in [0.25, 0.3) is 0 Å². The predicted molar refractivity (Wildman–Crippen MR) is 142 cm³/mol. The van der Waals surface area contributed by atoms with Gasteiger partial charge in [-0.25, -0.2) is 0 Å². The molecule has 0 N–H and O–H groups in total. The highest BCUT2D eigenvalue weighted by Gasteiger charge is 2.49. The van der Waals surface area contributed by atoms with Crippen LogP contribution in [-0.4, -0.2) is 4.98 Å². The van der Waals surface area contributed by atoms with Gasteiger partial charge in [-0.05, 0) is 56.6 Å². The van der Waals surface area contributed by atoms with Gasteiger partial charge < -0.3 is 0 Å². The first-order chi connectivity index (χ1) is 16.8. The number of hydrogen-bond acceptors (Lipinski definition) is 1. The zero-order chi connectivity index (χ0) is 22.7. The third kappa shape index (κ3) is 2.36. The predicted octanol–water partition coefficient (Wildman–Crippen LogP) is 7.93. The van der Waals surface area contributed by atoms with Gasteiger partial charge in [0.05, 0.1) is 10.9 Å². The molecule has 1 heterocycles. The van der Waals surface area contributed by atoms with Crippen molar-refractivity contribution in [1.29, 1.82) is 0 Å². The maximum absolute atomic E-state index is 5.04. The molecule has 1 aromatic heterocycles. The summed E-state index contributed by atoms with van der Waals surface area (Å²) in [5.74, 6) is 0. The summed E-state index contributed by atoms with van der Waals surface area (Å²) in [6, 6.07) is 30.8. The van der Waals surface area contributed by atoms with Crippen LogP contribution in [-0.2, 0) is 11.8 Å². The topological polar surface area (TPSA) is 12.9 Å². The van der Waals surface area contributed by atoms with Crippen molar-refractivity contribution in [3.63, 3.8) is 0 Å². The van der Waals surface area contributed by atoms with Gasteiger partial charge in [0.15, 0.2) is 0 Å². The molecule has 34 heavy (non-hydrogen) atoms. The van der Waals surface area contributed by atoms with Crippen LogP contribution in [0.3, 0.4) is 0 Å². The van der Waals surface area contributed by atoms with Crippen molar-refractivity contribution in [2.45, 2.75) is 11.8 Å². The van der Waals surface area contributed by atoms with E-state index in [1.54, 1.807) is 0 Å². The zero-order valence-electron chi connectivity index (χ0n) is 18.8. The van der Waals surface area contributed by atoms with E-state index in [-0.39, 0.29) is 0 Å². The smallest absolute Gasteiger partial charge is 0.0762 e. The molecule has 0 bridgehead atoms. The first kappa shape index (κ1) is 19.3. The summed E-state index contributed by atoms with van der Waals surface area (Å²) < 4.78 is 0. The normalized spacial score (nSPS) is 20.3. The fraction of sp³-hybridized carbons (Fsp3) is 0.0606. The van der Waals surface area contributed by atoms with Crippen LogP contribution in [0.2, 0.25) is 0 Å². The van der Waals surface area contributed by atoms with Crippen LogP contribution in [0.4, 0.5) is 0 Å². The Morgan fingerprint density at radius 2 is 1.44 bits per heavy atom. The first-order valence-electron chi connectivity index (χ1n) is 11.8. The molecule has 0 aliphatic heterocycles. The number of benzene rings is 4. The lowest BCUT2D eigenvalue weighted by Gasteiger charge is -2.36. The van der Waals surface area contributed by atoms with E-state index in [1.165, 1.54) is 49.5 Å². The van der Waals surface area contributed by atoms with E-state index in [4.69, 9.17) is 11.6 Å². The van der Waals surface area contributed by atoms with Crippen molar-refractivity contribution in [1.82, 2.24) is 4.98 Å². The van der Waals surface area contributed by atoms with Gasteiger partial charge in [-0.3, -0.25) is 4.98 Å².